The molecular formula is C17H26N4O2. The number of nitrogens with one attached hydrogen (secondary N) is 1. The number of hydrogen-bond acceptors (Lipinski definition) is 4. The minimum atomic E-state index is -0.442. The molecule has 0 spiro atoms. The minimum Gasteiger partial charge on any atom is -0.353 e. The molecule has 0 aliphatic carbocycles. The monoisotopic (exact) mass is 318 g/mol. The molecule has 126 valence electrons. The van der Waals surface area contributed by atoms with Crippen molar-refractivity contribution in [1.82, 2.24) is 15.2 Å². The maximum Gasteiger partial charge on any atom is 0.239 e. The molecule has 2 atom stereocenters. The van der Waals surface area contributed by atoms with E-state index in [4.69, 9.17) is 5.73 Å². The molecule has 2 amide bonds. The third kappa shape index (κ3) is 5.03. The van der Waals surface area contributed by atoms with Crippen molar-refractivity contribution in [2.45, 2.75) is 45.2 Å². The molecule has 1 aliphatic rings. The smallest absolute Gasteiger partial charge is 0.239 e. The first-order chi connectivity index (χ1) is 11.0. The summed E-state index contributed by atoms with van der Waals surface area (Å²) in [5.41, 5.74) is 6.56. The number of aromatic nitrogens is 1. The van der Waals surface area contributed by atoms with E-state index in [0.717, 1.165) is 18.4 Å². The summed E-state index contributed by atoms with van der Waals surface area (Å²) >= 11 is 0. The van der Waals surface area contributed by atoms with Crippen LogP contribution >= 0.6 is 0 Å². The third-order valence-electron chi connectivity index (χ3n) is 4.42. The Morgan fingerprint density at radius 1 is 1.39 bits per heavy atom. The molecule has 3 N–H and O–H groups in total. The topological polar surface area (TPSA) is 88.3 Å². The summed E-state index contributed by atoms with van der Waals surface area (Å²) < 4.78 is 0. The summed E-state index contributed by atoms with van der Waals surface area (Å²) in [4.78, 5) is 29.8. The van der Waals surface area contributed by atoms with Crippen LogP contribution in [-0.2, 0) is 16.0 Å². The maximum absolute atomic E-state index is 12.1. The number of nitrogens with two attached hydrogens (primary N) is 1. The van der Waals surface area contributed by atoms with Crippen molar-refractivity contribution in [1.29, 1.82) is 0 Å². The zero-order valence-electron chi connectivity index (χ0n) is 13.9. The van der Waals surface area contributed by atoms with E-state index >= 15 is 0 Å². The van der Waals surface area contributed by atoms with Gasteiger partial charge in [0.15, 0.2) is 0 Å². The van der Waals surface area contributed by atoms with E-state index < -0.39 is 6.04 Å². The molecular weight excluding hydrogens is 292 g/mol. The number of rotatable bonds is 5. The Balaban J connectivity index is 1.77. The van der Waals surface area contributed by atoms with Crippen LogP contribution in [0.1, 0.15) is 32.3 Å². The van der Waals surface area contributed by atoms with E-state index in [1.54, 1.807) is 19.3 Å². The Morgan fingerprint density at radius 2 is 2.09 bits per heavy atom. The van der Waals surface area contributed by atoms with Gasteiger partial charge in [0.1, 0.15) is 0 Å². The highest BCUT2D eigenvalue weighted by molar-refractivity contribution is 5.81. The number of hydrogen-bond donors (Lipinski definition) is 2. The summed E-state index contributed by atoms with van der Waals surface area (Å²) in [6.45, 7) is 5.19. The van der Waals surface area contributed by atoms with Crippen LogP contribution in [0.3, 0.4) is 0 Å². The van der Waals surface area contributed by atoms with Crippen molar-refractivity contribution in [2.24, 2.45) is 11.7 Å². The molecule has 0 saturated carbocycles. The Bertz CT molecular complexity index is 525. The Labute approximate surface area is 137 Å². The molecule has 1 aromatic heterocycles. The molecule has 1 saturated heterocycles. The number of amides is 2. The van der Waals surface area contributed by atoms with Gasteiger partial charge in [-0.05, 0) is 44.2 Å². The summed E-state index contributed by atoms with van der Waals surface area (Å²) in [6.07, 6.45) is 5.55. The van der Waals surface area contributed by atoms with Crippen LogP contribution in [0.2, 0.25) is 0 Å². The van der Waals surface area contributed by atoms with Crippen molar-refractivity contribution in [2.75, 3.05) is 13.1 Å². The van der Waals surface area contributed by atoms with Gasteiger partial charge in [-0.15, -0.1) is 0 Å². The van der Waals surface area contributed by atoms with E-state index in [2.05, 4.69) is 10.3 Å². The molecule has 6 heteroatoms. The fourth-order valence-corrected chi connectivity index (χ4v) is 3.02. The van der Waals surface area contributed by atoms with Crippen LogP contribution in [0.25, 0.3) is 0 Å². The van der Waals surface area contributed by atoms with Gasteiger partial charge in [0, 0.05) is 31.5 Å². The average Bonchev–Trinajstić information content (AvgIpc) is 2.55. The van der Waals surface area contributed by atoms with Gasteiger partial charge in [-0.1, -0.05) is 6.07 Å². The lowest BCUT2D eigenvalue weighted by atomic mass is 9.90. The van der Waals surface area contributed by atoms with Crippen molar-refractivity contribution in [3.63, 3.8) is 0 Å². The normalized spacial score (nSPS) is 18.3. The number of nitrogens with zero attached hydrogens (tertiary/aromatic N) is 2. The van der Waals surface area contributed by atoms with Crippen LogP contribution in [0.15, 0.2) is 24.5 Å². The van der Waals surface area contributed by atoms with Crippen LogP contribution in [0, 0.1) is 5.92 Å². The van der Waals surface area contributed by atoms with Crippen molar-refractivity contribution in [3.8, 4) is 0 Å². The molecule has 1 fully saturated rings. The number of carbonyl (C=O) groups excluding carboxylic acids is 2. The van der Waals surface area contributed by atoms with E-state index in [0.29, 0.717) is 25.4 Å². The highest BCUT2D eigenvalue weighted by atomic mass is 16.2. The molecule has 1 aromatic rings. The Hall–Kier alpha value is -1.95. The fraction of sp³-hybridized carbons (Fsp3) is 0.588. The fourth-order valence-electron chi connectivity index (χ4n) is 3.02. The number of carbonyl (C=O) groups is 2. The molecule has 6 nitrogen and oxygen atoms in total. The van der Waals surface area contributed by atoms with Crippen molar-refractivity contribution >= 4 is 11.8 Å². The molecule has 0 radical (unpaired) electrons. The summed E-state index contributed by atoms with van der Waals surface area (Å²) in [7, 11) is 0. The molecule has 0 bridgehead atoms. The van der Waals surface area contributed by atoms with Gasteiger partial charge in [0.25, 0.3) is 0 Å². The van der Waals surface area contributed by atoms with Gasteiger partial charge in [-0.25, -0.2) is 0 Å². The quantitative estimate of drug-likeness (QED) is 0.837. The first-order valence-corrected chi connectivity index (χ1v) is 8.20. The predicted molar refractivity (Wildman–Crippen MR) is 88.5 cm³/mol. The largest absolute Gasteiger partial charge is 0.353 e. The number of piperidine rings is 1. The lowest BCUT2D eigenvalue weighted by Crippen LogP contribution is -2.49. The first kappa shape index (κ1) is 17.4. The molecule has 2 unspecified atom stereocenters. The highest BCUT2D eigenvalue weighted by Crippen LogP contribution is 2.21. The Kier molecular flexibility index (Phi) is 6.10. The van der Waals surface area contributed by atoms with Gasteiger partial charge in [0.05, 0.1) is 12.5 Å². The van der Waals surface area contributed by atoms with Crippen LogP contribution in [-0.4, -0.2) is 46.9 Å². The van der Waals surface area contributed by atoms with Gasteiger partial charge in [-0.3, -0.25) is 14.6 Å². The molecule has 0 aromatic carbocycles. The second-order valence-corrected chi connectivity index (χ2v) is 6.35. The SMILES string of the molecule is CC(N)C(=O)N1CCC(C(C)NC(=O)Cc2cccnc2)CC1. The van der Waals surface area contributed by atoms with E-state index in [1.807, 2.05) is 24.0 Å². The van der Waals surface area contributed by atoms with Crippen molar-refractivity contribution < 1.29 is 9.59 Å². The van der Waals surface area contributed by atoms with Crippen LogP contribution in [0.4, 0.5) is 0 Å². The van der Waals surface area contributed by atoms with Crippen LogP contribution < -0.4 is 11.1 Å². The van der Waals surface area contributed by atoms with Crippen LogP contribution in [0.5, 0.6) is 0 Å². The standard InChI is InChI=1S/C17H26N4O2/c1-12(18)17(23)21-8-5-15(6-9-21)13(2)20-16(22)10-14-4-3-7-19-11-14/h3-4,7,11-13,15H,5-6,8-10,18H2,1-2H3,(H,20,22). The number of likely N-dealkylation sites (tertiary alicyclic amines) is 1. The lowest BCUT2D eigenvalue weighted by molar-refractivity contribution is -0.134. The zero-order chi connectivity index (χ0) is 16.8. The lowest BCUT2D eigenvalue weighted by Gasteiger charge is -2.35. The average molecular weight is 318 g/mol. The molecule has 2 rings (SSSR count). The summed E-state index contributed by atoms with van der Waals surface area (Å²) in [6, 6.07) is 3.39. The van der Waals surface area contributed by atoms with E-state index in [-0.39, 0.29) is 17.9 Å². The molecule has 23 heavy (non-hydrogen) atoms. The van der Waals surface area contributed by atoms with Gasteiger partial charge in [0.2, 0.25) is 11.8 Å². The first-order valence-electron chi connectivity index (χ1n) is 8.20. The molecule has 2 heterocycles. The predicted octanol–water partition coefficient (Wildman–Crippen LogP) is 0.715. The Morgan fingerprint density at radius 3 is 2.65 bits per heavy atom. The van der Waals surface area contributed by atoms with E-state index in [9.17, 15) is 9.59 Å². The van der Waals surface area contributed by atoms with Gasteiger partial charge < -0.3 is 16.0 Å². The minimum absolute atomic E-state index is 0.0108. The third-order valence-corrected chi connectivity index (χ3v) is 4.42. The van der Waals surface area contributed by atoms with E-state index in [1.165, 1.54) is 0 Å². The maximum atomic E-state index is 12.1. The van der Waals surface area contributed by atoms with Gasteiger partial charge in [-0.2, -0.15) is 0 Å². The zero-order valence-corrected chi connectivity index (χ0v) is 13.9. The van der Waals surface area contributed by atoms with Crippen molar-refractivity contribution in [3.05, 3.63) is 30.1 Å². The second-order valence-electron chi connectivity index (χ2n) is 6.35. The summed E-state index contributed by atoms with van der Waals surface area (Å²) in [5, 5.41) is 3.07. The second kappa shape index (κ2) is 8.06. The van der Waals surface area contributed by atoms with Gasteiger partial charge >= 0.3 is 0 Å². The highest BCUT2D eigenvalue weighted by Gasteiger charge is 2.28. The summed E-state index contributed by atoms with van der Waals surface area (Å²) in [5.74, 6) is 0.418. The number of pyridine rings is 1. The molecule has 1 aliphatic heterocycles.